The van der Waals surface area contributed by atoms with Crippen LogP contribution in [0.2, 0.25) is 0 Å². The Labute approximate surface area is 97.1 Å². The summed E-state index contributed by atoms with van der Waals surface area (Å²) in [5.74, 6) is -0.454. The molecule has 0 saturated carbocycles. The largest absolute Gasteiger partial charge is 0.478 e. The van der Waals surface area contributed by atoms with E-state index < -0.39 is 5.97 Å². The van der Waals surface area contributed by atoms with Crippen LogP contribution >= 0.6 is 0 Å². The molecular weight excluding hydrogens is 202 g/mol. The Kier molecular flexibility index (Phi) is 4.59. The number of rotatable bonds is 6. The number of carboxylic acid groups (broad SMARTS) is 1. The van der Waals surface area contributed by atoms with Gasteiger partial charge in [-0.1, -0.05) is 20.8 Å². The number of nitrogens with zero attached hydrogens (tertiary/aromatic N) is 1. The first kappa shape index (κ1) is 12.8. The van der Waals surface area contributed by atoms with Crippen LogP contribution in [0.15, 0.2) is 12.3 Å². The van der Waals surface area contributed by atoms with Crippen molar-refractivity contribution in [2.45, 2.75) is 52.5 Å². The average Bonchev–Trinajstić information content (AvgIpc) is 2.65. The Bertz CT molecular complexity index is 351. The van der Waals surface area contributed by atoms with Crippen molar-refractivity contribution in [1.29, 1.82) is 0 Å². The lowest BCUT2D eigenvalue weighted by atomic mass is 9.96. The Morgan fingerprint density at radius 3 is 2.44 bits per heavy atom. The van der Waals surface area contributed by atoms with E-state index in [4.69, 9.17) is 0 Å². The van der Waals surface area contributed by atoms with E-state index in [-0.39, 0.29) is 0 Å². The lowest BCUT2D eigenvalue weighted by Gasteiger charge is -2.17. The van der Waals surface area contributed by atoms with E-state index in [9.17, 15) is 9.90 Å². The molecule has 1 N–H and O–H groups in total. The first-order valence-electron chi connectivity index (χ1n) is 6.07. The highest BCUT2D eigenvalue weighted by atomic mass is 16.4. The fraction of sp³-hybridized carbons (Fsp3) is 0.615. The Balaban J connectivity index is 3.17. The highest BCUT2D eigenvalue weighted by Gasteiger charge is 2.20. The molecule has 0 radical (unpaired) electrons. The molecule has 1 aromatic heterocycles. The minimum absolute atomic E-state index is 0.354. The average molecular weight is 223 g/mol. The van der Waals surface area contributed by atoms with E-state index in [1.165, 1.54) is 0 Å². The minimum Gasteiger partial charge on any atom is -0.478 e. The second-order valence-corrected chi connectivity index (χ2v) is 4.13. The summed E-state index contributed by atoms with van der Waals surface area (Å²) >= 11 is 0. The number of hydrogen-bond acceptors (Lipinski definition) is 1. The standard InChI is InChI=1S/C13H21NO2/c1-4-8-14-9-7-11(13(15)16)12(14)10(5-2)6-3/h7,9-10H,4-6,8H2,1-3H3,(H,15,16). The van der Waals surface area contributed by atoms with Crippen LogP contribution < -0.4 is 0 Å². The van der Waals surface area contributed by atoms with Crippen LogP contribution in [0.3, 0.4) is 0 Å². The van der Waals surface area contributed by atoms with E-state index in [1.54, 1.807) is 6.07 Å². The van der Waals surface area contributed by atoms with Gasteiger partial charge in [-0.25, -0.2) is 4.79 Å². The van der Waals surface area contributed by atoms with Crippen LogP contribution in [-0.4, -0.2) is 15.6 Å². The van der Waals surface area contributed by atoms with Gasteiger partial charge in [0.05, 0.1) is 5.56 Å². The maximum absolute atomic E-state index is 11.2. The first-order chi connectivity index (χ1) is 7.65. The van der Waals surface area contributed by atoms with Crippen molar-refractivity contribution >= 4 is 5.97 Å². The molecule has 3 heteroatoms. The Morgan fingerprint density at radius 1 is 1.38 bits per heavy atom. The number of aromatic carboxylic acids is 1. The number of carbonyl (C=O) groups is 1. The van der Waals surface area contributed by atoms with E-state index in [0.717, 1.165) is 31.5 Å². The third-order valence-corrected chi connectivity index (χ3v) is 3.07. The quantitative estimate of drug-likeness (QED) is 0.802. The summed E-state index contributed by atoms with van der Waals surface area (Å²) in [4.78, 5) is 11.2. The third kappa shape index (κ3) is 2.46. The van der Waals surface area contributed by atoms with Crippen LogP contribution in [0.5, 0.6) is 0 Å². The van der Waals surface area contributed by atoms with Gasteiger partial charge < -0.3 is 9.67 Å². The molecule has 0 spiro atoms. The smallest absolute Gasteiger partial charge is 0.337 e. The SMILES string of the molecule is CCCn1ccc(C(=O)O)c1C(CC)CC. The first-order valence-corrected chi connectivity index (χ1v) is 6.07. The van der Waals surface area contributed by atoms with Gasteiger partial charge in [-0.05, 0) is 31.2 Å². The number of hydrogen-bond donors (Lipinski definition) is 1. The lowest BCUT2D eigenvalue weighted by molar-refractivity contribution is 0.0695. The Morgan fingerprint density at radius 2 is 2.00 bits per heavy atom. The van der Waals surface area contributed by atoms with Crippen molar-refractivity contribution in [2.75, 3.05) is 0 Å². The summed E-state index contributed by atoms with van der Waals surface area (Å²) in [6.45, 7) is 7.24. The highest BCUT2D eigenvalue weighted by molar-refractivity contribution is 5.89. The normalized spacial score (nSPS) is 11.0. The van der Waals surface area contributed by atoms with Crippen LogP contribution in [0.1, 0.15) is 62.0 Å². The topological polar surface area (TPSA) is 42.2 Å². The van der Waals surface area contributed by atoms with Crippen molar-refractivity contribution in [3.8, 4) is 0 Å². The fourth-order valence-corrected chi connectivity index (χ4v) is 2.23. The van der Waals surface area contributed by atoms with Crippen LogP contribution in [0, 0.1) is 0 Å². The van der Waals surface area contributed by atoms with E-state index in [1.807, 2.05) is 6.20 Å². The molecule has 0 atom stereocenters. The van der Waals surface area contributed by atoms with Gasteiger partial charge in [0, 0.05) is 18.4 Å². The third-order valence-electron chi connectivity index (χ3n) is 3.07. The molecule has 0 aliphatic rings. The molecule has 1 rings (SSSR count). The Hall–Kier alpha value is -1.25. The second kappa shape index (κ2) is 5.73. The zero-order chi connectivity index (χ0) is 12.1. The van der Waals surface area contributed by atoms with E-state index >= 15 is 0 Å². The highest BCUT2D eigenvalue weighted by Crippen LogP contribution is 2.27. The monoisotopic (exact) mass is 223 g/mol. The molecule has 16 heavy (non-hydrogen) atoms. The molecule has 0 fully saturated rings. The summed E-state index contributed by atoms with van der Waals surface area (Å²) in [7, 11) is 0. The van der Waals surface area contributed by atoms with Gasteiger partial charge in [-0.2, -0.15) is 0 Å². The molecule has 0 aromatic carbocycles. The maximum Gasteiger partial charge on any atom is 0.337 e. The molecule has 1 aromatic rings. The van der Waals surface area contributed by atoms with Gasteiger partial charge in [-0.3, -0.25) is 0 Å². The number of aryl methyl sites for hydroxylation is 1. The van der Waals surface area contributed by atoms with Crippen molar-refractivity contribution < 1.29 is 9.90 Å². The molecule has 0 aliphatic carbocycles. The van der Waals surface area contributed by atoms with E-state index in [2.05, 4.69) is 25.3 Å². The van der Waals surface area contributed by atoms with Crippen molar-refractivity contribution in [3.05, 3.63) is 23.5 Å². The summed E-state index contributed by atoms with van der Waals surface area (Å²) in [5, 5.41) is 9.17. The van der Waals surface area contributed by atoms with Crippen LogP contribution in [-0.2, 0) is 6.54 Å². The predicted molar refractivity (Wildman–Crippen MR) is 65.0 cm³/mol. The lowest BCUT2D eigenvalue weighted by Crippen LogP contribution is -2.11. The molecule has 3 nitrogen and oxygen atoms in total. The molecule has 1 heterocycles. The second-order valence-electron chi connectivity index (χ2n) is 4.13. The summed E-state index contributed by atoms with van der Waals surface area (Å²) in [5.41, 5.74) is 1.47. The van der Waals surface area contributed by atoms with Gasteiger partial charge in [0.1, 0.15) is 0 Å². The van der Waals surface area contributed by atoms with Crippen LogP contribution in [0.4, 0.5) is 0 Å². The maximum atomic E-state index is 11.2. The van der Waals surface area contributed by atoms with E-state index in [0.29, 0.717) is 11.5 Å². The molecule has 0 bridgehead atoms. The number of aromatic nitrogens is 1. The van der Waals surface area contributed by atoms with Gasteiger partial charge >= 0.3 is 5.97 Å². The number of carboxylic acids is 1. The van der Waals surface area contributed by atoms with Crippen LogP contribution in [0.25, 0.3) is 0 Å². The molecule has 0 aliphatic heterocycles. The zero-order valence-electron chi connectivity index (χ0n) is 10.4. The van der Waals surface area contributed by atoms with Crippen molar-refractivity contribution in [3.63, 3.8) is 0 Å². The molecular formula is C13H21NO2. The minimum atomic E-state index is -0.809. The van der Waals surface area contributed by atoms with Gasteiger partial charge in [0.2, 0.25) is 0 Å². The summed E-state index contributed by atoms with van der Waals surface area (Å²) < 4.78 is 2.10. The molecule has 90 valence electrons. The molecule has 0 amide bonds. The van der Waals surface area contributed by atoms with Gasteiger partial charge in [0.15, 0.2) is 0 Å². The molecule has 0 unspecified atom stereocenters. The molecule has 0 saturated heterocycles. The van der Waals surface area contributed by atoms with Crippen molar-refractivity contribution in [1.82, 2.24) is 4.57 Å². The summed E-state index contributed by atoms with van der Waals surface area (Å²) in [6.07, 6.45) is 4.91. The fourth-order valence-electron chi connectivity index (χ4n) is 2.23. The van der Waals surface area contributed by atoms with Crippen molar-refractivity contribution in [2.24, 2.45) is 0 Å². The van der Waals surface area contributed by atoms with Gasteiger partial charge in [-0.15, -0.1) is 0 Å². The zero-order valence-corrected chi connectivity index (χ0v) is 10.4. The predicted octanol–water partition coefficient (Wildman–Crippen LogP) is 3.50. The van der Waals surface area contributed by atoms with Gasteiger partial charge in [0.25, 0.3) is 0 Å². The summed E-state index contributed by atoms with van der Waals surface area (Å²) in [6, 6.07) is 1.73.